The Morgan fingerprint density at radius 1 is 1.35 bits per heavy atom. The minimum atomic E-state index is -0.0496. The first-order valence-electron chi connectivity index (χ1n) is 7.89. The molecule has 1 aliphatic carbocycles. The van der Waals surface area contributed by atoms with E-state index in [-0.39, 0.29) is 11.9 Å². The lowest BCUT2D eigenvalue weighted by molar-refractivity contribution is 0.0937. The van der Waals surface area contributed by atoms with Crippen molar-refractivity contribution in [3.8, 4) is 5.75 Å². The molecule has 1 amide bonds. The summed E-state index contributed by atoms with van der Waals surface area (Å²) < 4.78 is 5.76. The molecule has 0 saturated heterocycles. The first-order chi connectivity index (χ1) is 11.2. The van der Waals surface area contributed by atoms with Gasteiger partial charge in [0.25, 0.3) is 5.91 Å². The number of nitrogens with zero attached hydrogens (tertiary/aromatic N) is 1. The fourth-order valence-electron chi connectivity index (χ4n) is 2.99. The van der Waals surface area contributed by atoms with Gasteiger partial charge in [0.15, 0.2) is 0 Å². The number of aromatic nitrogens is 1. The number of benzene rings is 1. The summed E-state index contributed by atoms with van der Waals surface area (Å²) >= 11 is 7.48. The van der Waals surface area contributed by atoms with E-state index in [1.807, 2.05) is 18.2 Å². The number of carbonyl (C=O) groups excluding carboxylic acids is 1. The molecular formula is C17H17ClN2O2S. The number of thiazole rings is 1. The molecule has 0 bridgehead atoms. The van der Waals surface area contributed by atoms with E-state index in [0.29, 0.717) is 17.5 Å². The maximum absolute atomic E-state index is 12.7. The van der Waals surface area contributed by atoms with Crippen LogP contribution >= 0.6 is 22.9 Å². The zero-order valence-corrected chi connectivity index (χ0v) is 14.1. The quantitative estimate of drug-likeness (QED) is 0.898. The van der Waals surface area contributed by atoms with Crippen LogP contribution in [0.25, 0.3) is 0 Å². The second-order valence-corrected chi connectivity index (χ2v) is 7.33. The summed E-state index contributed by atoms with van der Waals surface area (Å²) in [6.07, 6.45) is 4.04. The van der Waals surface area contributed by atoms with E-state index >= 15 is 0 Å². The second-order valence-electron chi connectivity index (χ2n) is 6.04. The highest BCUT2D eigenvalue weighted by atomic mass is 35.5. The van der Waals surface area contributed by atoms with Gasteiger partial charge in [-0.25, -0.2) is 4.98 Å². The molecule has 4 rings (SSSR count). The van der Waals surface area contributed by atoms with Crippen molar-refractivity contribution < 1.29 is 9.53 Å². The van der Waals surface area contributed by atoms with Crippen LogP contribution in [-0.4, -0.2) is 17.5 Å². The van der Waals surface area contributed by atoms with Crippen LogP contribution in [0.4, 0.5) is 0 Å². The fraction of sp³-hybridized carbons (Fsp3) is 0.412. The first kappa shape index (κ1) is 15.0. The number of rotatable bonds is 3. The molecule has 1 atom stereocenters. The Morgan fingerprint density at radius 3 is 3.04 bits per heavy atom. The van der Waals surface area contributed by atoms with Crippen LogP contribution in [0.1, 0.15) is 58.6 Å². The molecule has 4 nitrogen and oxygen atoms in total. The van der Waals surface area contributed by atoms with Gasteiger partial charge < -0.3 is 10.1 Å². The highest BCUT2D eigenvalue weighted by Crippen LogP contribution is 2.42. The van der Waals surface area contributed by atoms with Crippen molar-refractivity contribution in [2.24, 2.45) is 0 Å². The molecule has 2 heterocycles. The van der Waals surface area contributed by atoms with Gasteiger partial charge in [0.2, 0.25) is 0 Å². The predicted molar refractivity (Wildman–Crippen MR) is 90.5 cm³/mol. The third kappa shape index (κ3) is 3.08. The molecule has 0 spiro atoms. The predicted octanol–water partition coefficient (Wildman–Crippen LogP) is 4.32. The van der Waals surface area contributed by atoms with E-state index in [1.165, 1.54) is 11.3 Å². The van der Waals surface area contributed by atoms with E-state index in [4.69, 9.17) is 16.3 Å². The third-order valence-corrected chi connectivity index (χ3v) is 5.39. The van der Waals surface area contributed by atoms with Gasteiger partial charge in [-0.05, 0) is 37.8 Å². The lowest BCUT2D eigenvalue weighted by Crippen LogP contribution is -2.28. The summed E-state index contributed by atoms with van der Waals surface area (Å²) in [5.41, 5.74) is 3.73. The van der Waals surface area contributed by atoms with Gasteiger partial charge in [-0.1, -0.05) is 17.7 Å². The zero-order chi connectivity index (χ0) is 15.8. The van der Waals surface area contributed by atoms with Gasteiger partial charge >= 0.3 is 0 Å². The number of halogens is 1. The van der Waals surface area contributed by atoms with E-state index in [2.05, 4.69) is 10.3 Å². The molecule has 23 heavy (non-hydrogen) atoms. The van der Waals surface area contributed by atoms with Crippen molar-refractivity contribution in [2.75, 3.05) is 6.61 Å². The van der Waals surface area contributed by atoms with Crippen molar-refractivity contribution in [2.45, 2.75) is 37.6 Å². The largest absolute Gasteiger partial charge is 0.493 e. The van der Waals surface area contributed by atoms with Gasteiger partial charge in [-0.15, -0.1) is 11.3 Å². The number of carbonyl (C=O) groups is 1. The molecule has 1 saturated carbocycles. The SMILES string of the molecule is O=C(NC1CCCOc2cc(Cl)ccc21)c1scnc1C1CC1. The summed E-state index contributed by atoms with van der Waals surface area (Å²) in [6, 6.07) is 5.56. The highest BCUT2D eigenvalue weighted by Gasteiger charge is 2.31. The maximum Gasteiger partial charge on any atom is 0.263 e. The van der Waals surface area contributed by atoms with Crippen LogP contribution < -0.4 is 10.1 Å². The monoisotopic (exact) mass is 348 g/mol. The summed E-state index contributed by atoms with van der Waals surface area (Å²) in [5.74, 6) is 1.22. The molecule has 6 heteroatoms. The fourth-order valence-corrected chi connectivity index (χ4v) is 3.93. The lowest BCUT2D eigenvalue weighted by atomic mass is 10.0. The minimum Gasteiger partial charge on any atom is -0.493 e. The van der Waals surface area contributed by atoms with Gasteiger partial charge in [-0.2, -0.15) is 0 Å². The van der Waals surface area contributed by atoms with Crippen molar-refractivity contribution >= 4 is 28.8 Å². The Hall–Kier alpha value is -1.59. The van der Waals surface area contributed by atoms with Crippen LogP contribution in [0, 0.1) is 0 Å². The molecule has 1 fully saturated rings. The summed E-state index contributed by atoms with van der Waals surface area (Å²) in [7, 11) is 0. The Labute approximate surface area is 143 Å². The highest BCUT2D eigenvalue weighted by molar-refractivity contribution is 7.11. The standard InChI is InChI=1S/C17H17ClN2O2S/c18-11-5-6-12-13(2-1-7-22-14(12)8-11)20-17(21)16-15(10-3-4-10)19-9-23-16/h5-6,8-10,13H,1-4,7H2,(H,20,21). The second kappa shape index (κ2) is 6.13. The molecule has 2 aliphatic rings. The average molecular weight is 349 g/mol. The van der Waals surface area contributed by atoms with Crippen LogP contribution in [0.3, 0.4) is 0 Å². The minimum absolute atomic E-state index is 0.0257. The third-order valence-electron chi connectivity index (χ3n) is 4.32. The number of nitrogens with one attached hydrogen (secondary N) is 1. The Morgan fingerprint density at radius 2 is 2.22 bits per heavy atom. The van der Waals surface area contributed by atoms with E-state index in [0.717, 1.165) is 47.6 Å². The Bertz CT molecular complexity index is 742. The molecule has 1 N–H and O–H groups in total. The molecule has 0 radical (unpaired) electrons. The van der Waals surface area contributed by atoms with E-state index in [9.17, 15) is 4.79 Å². The number of fused-ring (bicyclic) bond motifs is 1. The van der Waals surface area contributed by atoms with Gasteiger partial charge in [-0.3, -0.25) is 4.79 Å². The van der Waals surface area contributed by atoms with Crippen molar-refractivity contribution in [3.05, 3.63) is 44.9 Å². The number of amides is 1. The summed E-state index contributed by atoms with van der Waals surface area (Å²) in [4.78, 5) is 17.8. The van der Waals surface area contributed by atoms with Gasteiger partial charge in [0.05, 0.1) is 23.9 Å². The summed E-state index contributed by atoms with van der Waals surface area (Å²) in [5, 5.41) is 3.82. The van der Waals surface area contributed by atoms with E-state index < -0.39 is 0 Å². The summed E-state index contributed by atoms with van der Waals surface area (Å²) in [6.45, 7) is 0.646. The molecule has 1 aromatic carbocycles. The van der Waals surface area contributed by atoms with Crippen LogP contribution in [-0.2, 0) is 0 Å². The van der Waals surface area contributed by atoms with Crippen molar-refractivity contribution in [1.82, 2.24) is 10.3 Å². The number of ether oxygens (including phenoxy) is 1. The Kier molecular flexibility index (Phi) is 3.99. The molecular weight excluding hydrogens is 332 g/mol. The van der Waals surface area contributed by atoms with Crippen molar-refractivity contribution in [3.63, 3.8) is 0 Å². The van der Waals surface area contributed by atoms with E-state index in [1.54, 1.807) is 5.51 Å². The maximum atomic E-state index is 12.7. The van der Waals surface area contributed by atoms with Gasteiger partial charge in [0, 0.05) is 16.5 Å². The number of hydrogen-bond acceptors (Lipinski definition) is 4. The first-order valence-corrected chi connectivity index (χ1v) is 9.14. The molecule has 1 aliphatic heterocycles. The molecule has 1 aromatic heterocycles. The topological polar surface area (TPSA) is 51.2 Å². The normalized spacial score (nSPS) is 20.3. The van der Waals surface area contributed by atoms with Crippen molar-refractivity contribution in [1.29, 1.82) is 0 Å². The Balaban J connectivity index is 1.58. The smallest absolute Gasteiger partial charge is 0.263 e. The lowest BCUT2D eigenvalue weighted by Gasteiger charge is -2.18. The number of hydrogen-bond donors (Lipinski definition) is 1. The average Bonchev–Trinajstić information content (AvgIpc) is 3.30. The van der Waals surface area contributed by atoms with Crippen LogP contribution in [0.2, 0.25) is 5.02 Å². The van der Waals surface area contributed by atoms with Crippen LogP contribution in [0.15, 0.2) is 23.7 Å². The zero-order valence-electron chi connectivity index (χ0n) is 12.5. The molecule has 1 unspecified atom stereocenters. The molecule has 2 aromatic rings. The van der Waals surface area contributed by atoms with Crippen LogP contribution in [0.5, 0.6) is 5.75 Å². The molecule has 120 valence electrons. The van der Waals surface area contributed by atoms with Gasteiger partial charge in [0.1, 0.15) is 10.6 Å².